The van der Waals surface area contributed by atoms with Gasteiger partial charge < -0.3 is 14.8 Å². The van der Waals surface area contributed by atoms with Crippen LogP contribution in [0.15, 0.2) is 34.9 Å². The second-order valence-electron chi connectivity index (χ2n) is 3.93. The molecule has 0 saturated heterocycles. The molecule has 0 spiro atoms. The Kier molecular flexibility index (Phi) is 3.91. The summed E-state index contributed by atoms with van der Waals surface area (Å²) in [5.41, 5.74) is 1.06. The van der Waals surface area contributed by atoms with Crippen molar-refractivity contribution in [1.82, 2.24) is 5.32 Å². The first kappa shape index (κ1) is 13.2. The Morgan fingerprint density at radius 3 is 2.68 bits per heavy atom. The van der Waals surface area contributed by atoms with Crippen LogP contribution in [-0.2, 0) is 13.1 Å². The lowest BCUT2D eigenvalue weighted by Gasteiger charge is -2.04. The molecule has 0 atom stereocenters. The van der Waals surface area contributed by atoms with Crippen molar-refractivity contribution in [3.05, 3.63) is 59.1 Å². The summed E-state index contributed by atoms with van der Waals surface area (Å²) in [7, 11) is 0. The predicted octanol–water partition coefficient (Wildman–Crippen LogP) is 2.55. The minimum atomic E-state index is -1.14. The smallest absolute Gasteiger partial charge is 0.372 e. The fourth-order valence-corrected chi connectivity index (χ4v) is 1.65. The minimum absolute atomic E-state index is 0.127. The van der Waals surface area contributed by atoms with Gasteiger partial charge in [0.15, 0.2) is 11.6 Å². The van der Waals surface area contributed by atoms with E-state index in [0.29, 0.717) is 17.7 Å². The fourth-order valence-electron chi connectivity index (χ4n) is 1.65. The van der Waals surface area contributed by atoms with Gasteiger partial charge in [-0.15, -0.1) is 0 Å². The topological polar surface area (TPSA) is 62.5 Å². The minimum Gasteiger partial charge on any atom is -0.475 e. The van der Waals surface area contributed by atoms with Crippen molar-refractivity contribution in [3.8, 4) is 0 Å². The Labute approximate surface area is 107 Å². The zero-order valence-electron chi connectivity index (χ0n) is 9.82. The highest BCUT2D eigenvalue weighted by atomic mass is 19.2. The van der Waals surface area contributed by atoms with Crippen LogP contribution in [0, 0.1) is 11.6 Å². The van der Waals surface area contributed by atoms with E-state index >= 15 is 0 Å². The molecule has 2 N–H and O–H groups in total. The Balaban J connectivity index is 1.94. The van der Waals surface area contributed by atoms with Gasteiger partial charge in [0.05, 0.1) is 6.26 Å². The highest BCUT2D eigenvalue weighted by Crippen LogP contribution is 2.11. The molecule has 0 bridgehead atoms. The third kappa shape index (κ3) is 3.17. The monoisotopic (exact) mass is 267 g/mol. The van der Waals surface area contributed by atoms with E-state index in [2.05, 4.69) is 5.32 Å². The molecule has 1 aromatic carbocycles. The van der Waals surface area contributed by atoms with Crippen LogP contribution in [0.3, 0.4) is 0 Å². The molecule has 4 nitrogen and oxygen atoms in total. The molecule has 2 rings (SSSR count). The summed E-state index contributed by atoms with van der Waals surface area (Å²) < 4.78 is 30.5. The standard InChI is InChI=1S/C13H11F2NO3/c14-10-2-1-8(5-11(10)15)6-16-7-9-3-4-19-12(9)13(17)18/h1-5,16H,6-7H2,(H,17,18). The van der Waals surface area contributed by atoms with Crippen LogP contribution in [0.1, 0.15) is 21.7 Å². The lowest BCUT2D eigenvalue weighted by atomic mass is 10.2. The largest absolute Gasteiger partial charge is 0.475 e. The number of hydrogen-bond donors (Lipinski definition) is 2. The molecule has 1 aromatic heterocycles. The molecule has 0 aliphatic heterocycles. The number of carboxylic acid groups (broad SMARTS) is 1. The number of furan rings is 1. The van der Waals surface area contributed by atoms with E-state index in [0.717, 1.165) is 12.1 Å². The van der Waals surface area contributed by atoms with Gasteiger partial charge in [-0.05, 0) is 23.8 Å². The Hall–Kier alpha value is -2.21. The van der Waals surface area contributed by atoms with Crippen LogP contribution in [-0.4, -0.2) is 11.1 Å². The van der Waals surface area contributed by atoms with Crippen LogP contribution in [0.2, 0.25) is 0 Å². The second kappa shape index (κ2) is 5.62. The first-order chi connectivity index (χ1) is 9.08. The molecule has 6 heteroatoms. The van der Waals surface area contributed by atoms with Crippen LogP contribution in [0.25, 0.3) is 0 Å². The molecule has 0 aliphatic rings. The second-order valence-corrected chi connectivity index (χ2v) is 3.93. The number of nitrogens with one attached hydrogen (secondary N) is 1. The number of carbonyl (C=O) groups is 1. The lowest BCUT2D eigenvalue weighted by molar-refractivity contribution is 0.0660. The van der Waals surface area contributed by atoms with Crippen molar-refractivity contribution < 1.29 is 23.1 Å². The summed E-state index contributed by atoms with van der Waals surface area (Å²) in [4.78, 5) is 10.8. The number of rotatable bonds is 5. The maximum Gasteiger partial charge on any atom is 0.372 e. The summed E-state index contributed by atoms with van der Waals surface area (Å²) in [6.07, 6.45) is 1.29. The molecule has 0 amide bonds. The van der Waals surface area contributed by atoms with Gasteiger partial charge in [-0.25, -0.2) is 13.6 Å². The van der Waals surface area contributed by atoms with Gasteiger partial charge in [0, 0.05) is 18.7 Å². The van der Waals surface area contributed by atoms with E-state index in [4.69, 9.17) is 9.52 Å². The molecular weight excluding hydrogens is 256 g/mol. The van der Waals surface area contributed by atoms with E-state index < -0.39 is 17.6 Å². The summed E-state index contributed by atoms with van der Waals surface area (Å²) >= 11 is 0. The molecular formula is C13H11F2NO3. The number of halogens is 2. The summed E-state index contributed by atoms with van der Waals surface area (Å²) in [6, 6.07) is 5.14. The van der Waals surface area contributed by atoms with Gasteiger partial charge >= 0.3 is 5.97 Å². The van der Waals surface area contributed by atoms with E-state index in [1.165, 1.54) is 12.3 Å². The summed E-state index contributed by atoms with van der Waals surface area (Å²) in [6.45, 7) is 0.554. The van der Waals surface area contributed by atoms with Gasteiger partial charge in [-0.1, -0.05) is 6.07 Å². The van der Waals surface area contributed by atoms with Gasteiger partial charge in [0.2, 0.25) is 5.76 Å². The Bertz CT molecular complexity index is 595. The quantitative estimate of drug-likeness (QED) is 0.873. The molecule has 0 saturated carbocycles. The number of carboxylic acids is 1. The molecule has 2 aromatic rings. The average molecular weight is 267 g/mol. The van der Waals surface area contributed by atoms with E-state index in [9.17, 15) is 13.6 Å². The SMILES string of the molecule is O=C(O)c1occc1CNCc1ccc(F)c(F)c1. The van der Waals surface area contributed by atoms with Crippen LogP contribution >= 0.6 is 0 Å². The predicted molar refractivity (Wildman–Crippen MR) is 62.6 cm³/mol. The molecule has 0 unspecified atom stereocenters. The third-order valence-corrected chi connectivity index (χ3v) is 2.57. The summed E-state index contributed by atoms with van der Waals surface area (Å²) in [5, 5.41) is 11.8. The molecule has 19 heavy (non-hydrogen) atoms. The van der Waals surface area contributed by atoms with E-state index in [-0.39, 0.29) is 12.3 Å². The molecule has 0 aliphatic carbocycles. The van der Waals surface area contributed by atoms with Gasteiger partial charge in [0.25, 0.3) is 0 Å². The fraction of sp³-hybridized carbons (Fsp3) is 0.154. The lowest BCUT2D eigenvalue weighted by Crippen LogP contribution is -2.14. The van der Waals surface area contributed by atoms with Gasteiger partial charge in [0.1, 0.15) is 0 Å². The van der Waals surface area contributed by atoms with E-state index in [1.807, 2.05) is 0 Å². The van der Waals surface area contributed by atoms with Crippen molar-refractivity contribution >= 4 is 5.97 Å². The first-order valence-corrected chi connectivity index (χ1v) is 5.52. The number of benzene rings is 1. The van der Waals surface area contributed by atoms with Gasteiger partial charge in [-0.3, -0.25) is 0 Å². The zero-order chi connectivity index (χ0) is 13.8. The highest BCUT2D eigenvalue weighted by molar-refractivity contribution is 5.86. The maximum atomic E-state index is 13.0. The molecule has 0 fully saturated rings. The zero-order valence-corrected chi connectivity index (χ0v) is 9.82. The van der Waals surface area contributed by atoms with Crippen LogP contribution in [0.5, 0.6) is 0 Å². The number of aromatic carboxylic acids is 1. The van der Waals surface area contributed by atoms with Crippen molar-refractivity contribution in [2.75, 3.05) is 0 Å². The Morgan fingerprint density at radius 1 is 1.21 bits per heavy atom. The maximum absolute atomic E-state index is 13.0. The van der Waals surface area contributed by atoms with Crippen molar-refractivity contribution in [2.45, 2.75) is 13.1 Å². The van der Waals surface area contributed by atoms with Crippen molar-refractivity contribution in [3.63, 3.8) is 0 Å². The number of hydrogen-bond acceptors (Lipinski definition) is 3. The Morgan fingerprint density at radius 2 is 2.00 bits per heavy atom. The van der Waals surface area contributed by atoms with Crippen molar-refractivity contribution in [1.29, 1.82) is 0 Å². The summed E-state index contributed by atoms with van der Waals surface area (Å²) in [5.74, 6) is -3.08. The molecule has 100 valence electrons. The van der Waals surface area contributed by atoms with Gasteiger partial charge in [-0.2, -0.15) is 0 Å². The van der Waals surface area contributed by atoms with Crippen molar-refractivity contribution in [2.24, 2.45) is 0 Å². The van der Waals surface area contributed by atoms with Crippen LogP contribution in [0.4, 0.5) is 8.78 Å². The average Bonchev–Trinajstić information content (AvgIpc) is 2.82. The van der Waals surface area contributed by atoms with Crippen LogP contribution < -0.4 is 5.32 Å². The molecule has 0 radical (unpaired) electrons. The third-order valence-electron chi connectivity index (χ3n) is 2.57. The molecule has 1 heterocycles. The first-order valence-electron chi connectivity index (χ1n) is 5.52. The normalized spacial score (nSPS) is 10.6. The van der Waals surface area contributed by atoms with E-state index in [1.54, 1.807) is 6.07 Å². The highest BCUT2D eigenvalue weighted by Gasteiger charge is 2.13.